The first-order chi connectivity index (χ1) is 12.6. The molecule has 0 bridgehead atoms. The number of nitrogens with zero attached hydrogens (tertiary/aromatic N) is 2. The molecule has 0 saturated heterocycles. The van der Waals surface area contributed by atoms with Gasteiger partial charge in [-0.05, 0) is 55.3 Å². The molecule has 130 valence electrons. The Labute approximate surface area is 155 Å². The van der Waals surface area contributed by atoms with E-state index in [1.54, 1.807) is 11.3 Å². The van der Waals surface area contributed by atoms with Crippen molar-refractivity contribution in [3.63, 3.8) is 0 Å². The van der Waals surface area contributed by atoms with Gasteiger partial charge in [0.2, 0.25) is 0 Å². The molecule has 1 aromatic heterocycles. The van der Waals surface area contributed by atoms with Crippen LogP contribution in [-0.2, 0) is 4.79 Å². The van der Waals surface area contributed by atoms with Crippen LogP contribution < -0.4 is 0 Å². The summed E-state index contributed by atoms with van der Waals surface area (Å²) in [4.78, 5) is 20.9. The van der Waals surface area contributed by atoms with E-state index in [2.05, 4.69) is 29.0 Å². The second-order valence-electron chi connectivity index (χ2n) is 6.43. The number of hydrogen-bond acceptors (Lipinski definition) is 5. The quantitative estimate of drug-likeness (QED) is 0.622. The molecule has 26 heavy (non-hydrogen) atoms. The maximum Gasteiger partial charge on any atom is 0.167 e. The van der Waals surface area contributed by atoms with Crippen molar-refractivity contribution in [3.8, 4) is 10.6 Å². The normalized spacial score (nSPS) is 15.3. The van der Waals surface area contributed by atoms with E-state index >= 15 is 0 Å². The highest BCUT2D eigenvalue weighted by atomic mass is 32.1. The summed E-state index contributed by atoms with van der Waals surface area (Å²) in [5.74, 6) is 0.102. The van der Waals surface area contributed by atoms with Gasteiger partial charge < -0.3 is 5.11 Å². The van der Waals surface area contributed by atoms with Gasteiger partial charge in [0.15, 0.2) is 5.78 Å². The van der Waals surface area contributed by atoms with Crippen LogP contribution in [-0.4, -0.2) is 22.1 Å². The van der Waals surface area contributed by atoms with E-state index in [0.717, 1.165) is 21.8 Å². The van der Waals surface area contributed by atoms with Crippen molar-refractivity contribution in [2.75, 3.05) is 0 Å². The van der Waals surface area contributed by atoms with Crippen LogP contribution in [0.2, 0.25) is 0 Å². The molecule has 5 heteroatoms. The van der Waals surface area contributed by atoms with Crippen molar-refractivity contribution in [2.45, 2.75) is 26.2 Å². The highest BCUT2D eigenvalue weighted by molar-refractivity contribution is 7.21. The number of hydrogen-bond donors (Lipinski definition) is 1. The monoisotopic (exact) mass is 362 g/mol. The van der Waals surface area contributed by atoms with Crippen molar-refractivity contribution in [2.24, 2.45) is 4.99 Å². The van der Waals surface area contributed by atoms with Crippen molar-refractivity contribution in [1.29, 1.82) is 0 Å². The summed E-state index contributed by atoms with van der Waals surface area (Å²) in [5, 5.41) is 10.8. The lowest BCUT2D eigenvalue weighted by Crippen LogP contribution is -2.12. The molecule has 0 saturated carbocycles. The molecule has 0 fully saturated rings. The SMILES string of the molecule is Cc1ccc2nc(-c3ccc(N=CC4=C(O)CCCC4=O)cc3)sc2c1. The predicted molar refractivity (Wildman–Crippen MR) is 106 cm³/mol. The first-order valence-corrected chi connectivity index (χ1v) is 9.39. The Morgan fingerprint density at radius 2 is 1.96 bits per heavy atom. The topological polar surface area (TPSA) is 62.6 Å². The second kappa shape index (κ2) is 6.84. The summed E-state index contributed by atoms with van der Waals surface area (Å²) in [6.07, 6.45) is 3.20. The third kappa shape index (κ3) is 3.30. The summed E-state index contributed by atoms with van der Waals surface area (Å²) in [6, 6.07) is 14.0. The zero-order chi connectivity index (χ0) is 18.1. The molecule has 4 rings (SSSR count). The second-order valence-corrected chi connectivity index (χ2v) is 7.46. The van der Waals surface area contributed by atoms with E-state index in [4.69, 9.17) is 0 Å². The highest BCUT2D eigenvalue weighted by Gasteiger charge is 2.18. The molecule has 0 spiro atoms. The average molecular weight is 362 g/mol. The number of aliphatic imine (C=N–C) groups is 1. The predicted octanol–water partition coefficient (Wildman–Crippen LogP) is 5.54. The standard InChI is InChI=1S/C21H18N2O2S/c1-13-5-10-17-20(11-13)26-21(23-17)14-6-8-15(9-7-14)22-12-16-18(24)3-2-4-19(16)25/h5-12,24H,2-4H2,1H3. The third-order valence-corrected chi connectivity index (χ3v) is 5.50. The first kappa shape index (κ1) is 16.7. The number of aliphatic hydroxyl groups excluding tert-OH is 1. The lowest BCUT2D eigenvalue weighted by atomic mass is 9.97. The highest BCUT2D eigenvalue weighted by Crippen LogP contribution is 2.31. The van der Waals surface area contributed by atoms with E-state index in [-0.39, 0.29) is 11.5 Å². The summed E-state index contributed by atoms with van der Waals surface area (Å²) in [7, 11) is 0. The van der Waals surface area contributed by atoms with Crippen LogP contribution in [0.1, 0.15) is 24.8 Å². The molecule has 1 N–H and O–H groups in total. The molecule has 0 amide bonds. The van der Waals surface area contributed by atoms with Crippen LogP contribution in [0.25, 0.3) is 20.8 Å². The Morgan fingerprint density at radius 3 is 2.73 bits per heavy atom. The van der Waals surface area contributed by atoms with Crippen molar-refractivity contribution in [3.05, 3.63) is 59.4 Å². The molecule has 1 aliphatic carbocycles. The van der Waals surface area contributed by atoms with Crippen molar-refractivity contribution >= 4 is 39.2 Å². The van der Waals surface area contributed by atoms with E-state index in [1.807, 2.05) is 30.3 Å². The van der Waals surface area contributed by atoms with Crippen LogP contribution in [0, 0.1) is 6.92 Å². The number of thiazole rings is 1. The zero-order valence-electron chi connectivity index (χ0n) is 14.4. The summed E-state index contributed by atoms with van der Waals surface area (Å²) >= 11 is 1.67. The number of carbonyl (C=O) groups is 1. The van der Waals surface area contributed by atoms with Gasteiger partial charge in [0, 0.05) is 24.6 Å². The molecular formula is C21H18N2O2S. The summed E-state index contributed by atoms with van der Waals surface area (Å²) < 4.78 is 1.18. The molecule has 2 aromatic carbocycles. The van der Waals surface area contributed by atoms with Crippen LogP contribution in [0.15, 0.2) is 58.8 Å². The molecule has 3 aromatic rings. The minimum Gasteiger partial charge on any atom is -0.512 e. The van der Waals surface area contributed by atoms with Gasteiger partial charge in [-0.15, -0.1) is 11.3 Å². The average Bonchev–Trinajstić information content (AvgIpc) is 3.05. The number of rotatable bonds is 3. The molecule has 1 heterocycles. The van der Waals surface area contributed by atoms with Crippen LogP contribution in [0.3, 0.4) is 0 Å². The maximum absolute atomic E-state index is 11.9. The van der Waals surface area contributed by atoms with Gasteiger partial charge in [-0.25, -0.2) is 4.98 Å². The molecule has 1 aliphatic rings. The minimum atomic E-state index is -0.0427. The fourth-order valence-electron chi connectivity index (χ4n) is 2.98. The van der Waals surface area contributed by atoms with Gasteiger partial charge in [-0.3, -0.25) is 9.79 Å². The molecule has 4 nitrogen and oxygen atoms in total. The number of benzene rings is 2. The minimum absolute atomic E-state index is 0.0427. The number of aryl methyl sites for hydroxylation is 1. The fourth-order valence-corrected chi connectivity index (χ4v) is 4.05. The molecule has 0 aliphatic heterocycles. The number of allylic oxidation sites excluding steroid dienone is 2. The van der Waals surface area contributed by atoms with Crippen LogP contribution in [0.4, 0.5) is 5.69 Å². The number of ketones is 1. The van der Waals surface area contributed by atoms with Crippen LogP contribution >= 0.6 is 11.3 Å². The van der Waals surface area contributed by atoms with Gasteiger partial charge >= 0.3 is 0 Å². The fraction of sp³-hybridized carbons (Fsp3) is 0.190. The summed E-state index contributed by atoms with van der Waals surface area (Å²) in [6.45, 7) is 2.08. The Hall–Kier alpha value is -2.79. The van der Waals surface area contributed by atoms with E-state index in [0.29, 0.717) is 24.8 Å². The number of carbonyl (C=O) groups excluding carboxylic acids is 1. The number of aromatic nitrogens is 1. The van der Waals surface area contributed by atoms with E-state index in [9.17, 15) is 9.90 Å². The number of fused-ring (bicyclic) bond motifs is 1. The maximum atomic E-state index is 11.9. The van der Waals surface area contributed by atoms with Crippen LogP contribution in [0.5, 0.6) is 0 Å². The molecule has 0 unspecified atom stereocenters. The number of aliphatic hydroxyl groups is 1. The van der Waals surface area contributed by atoms with Gasteiger partial charge in [-0.1, -0.05) is 6.07 Å². The Morgan fingerprint density at radius 1 is 1.15 bits per heavy atom. The third-order valence-electron chi connectivity index (χ3n) is 4.43. The van der Waals surface area contributed by atoms with Gasteiger partial charge in [0.1, 0.15) is 10.8 Å². The zero-order valence-corrected chi connectivity index (χ0v) is 15.2. The molecule has 0 atom stereocenters. The van der Waals surface area contributed by atoms with Gasteiger partial charge in [0.05, 0.1) is 21.5 Å². The smallest absolute Gasteiger partial charge is 0.167 e. The van der Waals surface area contributed by atoms with E-state index < -0.39 is 0 Å². The number of Topliss-reactive ketones (excluding diaryl/α,β-unsaturated/α-hetero) is 1. The largest absolute Gasteiger partial charge is 0.512 e. The Bertz CT molecular complexity index is 1050. The van der Waals surface area contributed by atoms with Crippen molar-refractivity contribution in [1.82, 2.24) is 4.98 Å². The molecule has 0 radical (unpaired) electrons. The van der Waals surface area contributed by atoms with E-state index in [1.165, 1.54) is 16.5 Å². The lowest BCUT2D eigenvalue weighted by Gasteiger charge is -2.11. The molecular weight excluding hydrogens is 344 g/mol. The van der Waals surface area contributed by atoms with Crippen molar-refractivity contribution < 1.29 is 9.90 Å². The Kier molecular flexibility index (Phi) is 4.39. The Balaban J connectivity index is 1.58. The van der Waals surface area contributed by atoms with Gasteiger partial charge in [0.25, 0.3) is 0 Å². The first-order valence-electron chi connectivity index (χ1n) is 8.57. The van der Waals surface area contributed by atoms with Gasteiger partial charge in [-0.2, -0.15) is 0 Å². The summed E-state index contributed by atoms with van der Waals surface area (Å²) in [5.41, 5.74) is 4.35. The lowest BCUT2D eigenvalue weighted by molar-refractivity contribution is -0.115.